The monoisotopic (exact) mass is 499 g/mol. The summed E-state index contributed by atoms with van der Waals surface area (Å²) in [4.78, 5) is 25.8. The molecule has 0 aromatic heterocycles. The van der Waals surface area contributed by atoms with Crippen LogP contribution in [0.4, 0.5) is 11.4 Å². The number of halogens is 1. The lowest BCUT2D eigenvalue weighted by Crippen LogP contribution is -2.37. The summed E-state index contributed by atoms with van der Waals surface area (Å²) in [5, 5.41) is 9.16. The third-order valence-corrected chi connectivity index (χ3v) is 5.80. The van der Waals surface area contributed by atoms with Crippen molar-refractivity contribution in [2.75, 3.05) is 10.6 Å². The van der Waals surface area contributed by atoms with Crippen LogP contribution in [0.1, 0.15) is 27.4 Å². The van der Waals surface area contributed by atoms with Gasteiger partial charge in [-0.05, 0) is 53.7 Å². The van der Waals surface area contributed by atoms with Gasteiger partial charge >= 0.3 is 0 Å². The standard InChI is InChI=1S/C28H22ClN3O2S/c29-24-17-8-7-16-23(24)26(33)30-21-14-9-15-22(18-21)31-28(35)32-27(34)25(19-10-3-1-4-11-19)20-12-5-2-6-13-20/h1-18,25H,(H,30,33)(H2,31,32,34,35). The zero-order chi connectivity index (χ0) is 24.6. The Bertz CT molecular complexity index is 1310. The molecule has 4 aromatic carbocycles. The van der Waals surface area contributed by atoms with Crippen LogP contribution in [0.3, 0.4) is 0 Å². The van der Waals surface area contributed by atoms with Crippen molar-refractivity contribution in [1.82, 2.24) is 5.32 Å². The van der Waals surface area contributed by atoms with Gasteiger partial charge in [-0.25, -0.2) is 0 Å². The van der Waals surface area contributed by atoms with Crippen LogP contribution in [-0.2, 0) is 4.79 Å². The van der Waals surface area contributed by atoms with Gasteiger partial charge in [-0.15, -0.1) is 0 Å². The largest absolute Gasteiger partial charge is 0.332 e. The Kier molecular flexibility index (Phi) is 7.88. The quantitative estimate of drug-likeness (QED) is 0.275. The van der Waals surface area contributed by atoms with Crippen LogP contribution in [0, 0.1) is 0 Å². The average molecular weight is 500 g/mol. The summed E-state index contributed by atoms with van der Waals surface area (Å²) < 4.78 is 0. The minimum Gasteiger partial charge on any atom is -0.332 e. The van der Waals surface area contributed by atoms with E-state index in [-0.39, 0.29) is 16.9 Å². The van der Waals surface area contributed by atoms with E-state index >= 15 is 0 Å². The molecule has 0 aliphatic rings. The maximum absolute atomic E-state index is 13.2. The summed E-state index contributed by atoms with van der Waals surface area (Å²) in [6, 6.07) is 32.9. The van der Waals surface area contributed by atoms with Gasteiger partial charge in [-0.3, -0.25) is 9.59 Å². The molecule has 3 N–H and O–H groups in total. The number of carbonyl (C=O) groups is 2. The van der Waals surface area contributed by atoms with E-state index in [0.29, 0.717) is 22.0 Å². The Labute approximate surface area is 214 Å². The Morgan fingerprint density at radius 2 is 1.23 bits per heavy atom. The fourth-order valence-electron chi connectivity index (χ4n) is 3.65. The van der Waals surface area contributed by atoms with Crippen LogP contribution in [0.15, 0.2) is 109 Å². The highest BCUT2D eigenvalue weighted by Gasteiger charge is 2.23. The molecule has 0 heterocycles. The molecule has 174 valence electrons. The second-order valence-electron chi connectivity index (χ2n) is 7.71. The topological polar surface area (TPSA) is 70.2 Å². The van der Waals surface area contributed by atoms with E-state index in [2.05, 4.69) is 16.0 Å². The first-order valence-corrected chi connectivity index (χ1v) is 11.7. The summed E-state index contributed by atoms with van der Waals surface area (Å²) >= 11 is 11.5. The van der Waals surface area contributed by atoms with Gasteiger partial charge in [0.05, 0.1) is 16.5 Å². The van der Waals surface area contributed by atoms with Crippen LogP contribution >= 0.6 is 23.8 Å². The predicted octanol–water partition coefficient (Wildman–Crippen LogP) is 6.24. The van der Waals surface area contributed by atoms with Crippen molar-refractivity contribution in [2.24, 2.45) is 0 Å². The number of carbonyl (C=O) groups excluding carboxylic acids is 2. The molecular formula is C28H22ClN3O2S. The summed E-state index contributed by atoms with van der Waals surface area (Å²) in [5.41, 5.74) is 3.28. The molecule has 5 nitrogen and oxygen atoms in total. The molecule has 7 heteroatoms. The van der Waals surface area contributed by atoms with Gasteiger partial charge in [0.2, 0.25) is 5.91 Å². The smallest absolute Gasteiger partial charge is 0.257 e. The van der Waals surface area contributed by atoms with E-state index in [0.717, 1.165) is 11.1 Å². The number of hydrogen-bond acceptors (Lipinski definition) is 3. The van der Waals surface area contributed by atoms with Gasteiger partial charge in [-0.1, -0.05) is 90.5 Å². The number of rotatable bonds is 6. The molecule has 0 atom stereocenters. The first-order valence-electron chi connectivity index (χ1n) is 10.9. The third kappa shape index (κ3) is 6.32. The molecule has 4 aromatic rings. The number of benzene rings is 4. The van der Waals surface area contributed by atoms with Crippen molar-refractivity contribution < 1.29 is 9.59 Å². The summed E-state index contributed by atoms with van der Waals surface area (Å²) in [5.74, 6) is -1.08. The molecule has 0 saturated heterocycles. The second kappa shape index (κ2) is 11.4. The van der Waals surface area contributed by atoms with Gasteiger partial charge in [0, 0.05) is 11.4 Å². The molecule has 0 bridgehead atoms. The van der Waals surface area contributed by atoms with Crippen molar-refractivity contribution in [2.45, 2.75) is 5.92 Å². The molecule has 0 unspecified atom stereocenters. The van der Waals surface area contributed by atoms with Crippen molar-refractivity contribution in [3.05, 3.63) is 131 Å². The fourth-order valence-corrected chi connectivity index (χ4v) is 4.09. The van der Waals surface area contributed by atoms with Gasteiger partial charge in [0.15, 0.2) is 5.11 Å². The molecule has 0 aliphatic heterocycles. The average Bonchev–Trinajstić information content (AvgIpc) is 2.86. The van der Waals surface area contributed by atoms with Crippen LogP contribution in [-0.4, -0.2) is 16.9 Å². The number of nitrogens with one attached hydrogen (secondary N) is 3. The number of anilines is 2. The van der Waals surface area contributed by atoms with E-state index in [1.807, 2.05) is 60.7 Å². The van der Waals surface area contributed by atoms with Crippen LogP contribution in [0.5, 0.6) is 0 Å². The van der Waals surface area contributed by atoms with Gasteiger partial charge < -0.3 is 16.0 Å². The molecule has 0 fully saturated rings. The van der Waals surface area contributed by atoms with Crippen molar-refractivity contribution in [1.29, 1.82) is 0 Å². The summed E-state index contributed by atoms with van der Waals surface area (Å²) in [6.07, 6.45) is 0. The summed E-state index contributed by atoms with van der Waals surface area (Å²) in [7, 11) is 0. The Morgan fingerprint density at radius 3 is 1.83 bits per heavy atom. The Balaban J connectivity index is 1.44. The van der Waals surface area contributed by atoms with Crippen LogP contribution in [0.2, 0.25) is 5.02 Å². The van der Waals surface area contributed by atoms with E-state index in [4.69, 9.17) is 23.8 Å². The maximum Gasteiger partial charge on any atom is 0.257 e. The van der Waals surface area contributed by atoms with E-state index < -0.39 is 5.92 Å². The molecule has 2 amide bonds. The lowest BCUT2D eigenvalue weighted by molar-refractivity contribution is -0.120. The van der Waals surface area contributed by atoms with E-state index in [1.165, 1.54) is 0 Å². The molecule has 0 aliphatic carbocycles. The highest BCUT2D eigenvalue weighted by molar-refractivity contribution is 7.80. The lowest BCUT2D eigenvalue weighted by atomic mass is 9.90. The predicted molar refractivity (Wildman–Crippen MR) is 145 cm³/mol. The normalized spacial score (nSPS) is 10.5. The highest BCUT2D eigenvalue weighted by Crippen LogP contribution is 2.25. The second-order valence-corrected chi connectivity index (χ2v) is 8.53. The zero-order valence-corrected chi connectivity index (χ0v) is 20.1. The lowest BCUT2D eigenvalue weighted by Gasteiger charge is -2.19. The molecule has 4 rings (SSSR count). The zero-order valence-electron chi connectivity index (χ0n) is 18.6. The van der Waals surface area contributed by atoms with E-state index in [9.17, 15) is 9.59 Å². The first-order chi connectivity index (χ1) is 17.0. The molecule has 0 saturated carbocycles. The number of hydrogen-bond donors (Lipinski definition) is 3. The molecule has 0 spiro atoms. The molecular weight excluding hydrogens is 478 g/mol. The highest BCUT2D eigenvalue weighted by atomic mass is 35.5. The number of amides is 2. The fraction of sp³-hybridized carbons (Fsp3) is 0.0357. The minimum absolute atomic E-state index is 0.154. The minimum atomic E-state index is -0.515. The van der Waals surface area contributed by atoms with Crippen molar-refractivity contribution >= 4 is 52.1 Å². The third-order valence-electron chi connectivity index (χ3n) is 5.26. The summed E-state index contributed by atoms with van der Waals surface area (Å²) in [6.45, 7) is 0. The maximum atomic E-state index is 13.2. The van der Waals surface area contributed by atoms with Crippen LogP contribution in [0.25, 0.3) is 0 Å². The Hall–Kier alpha value is -4.00. The van der Waals surface area contributed by atoms with E-state index in [1.54, 1.807) is 48.5 Å². The van der Waals surface area contributed by atoms with Crippen molar-refractivity contribution in [3.8, 4) is 0 Å². The molecule has 35 heavy (non-hydrogen) atoms. The van der Waals surface area contributed by atoms with Crippen molar-refractivity contribution in [3.63, 3.8) is 0 Å². The first kappa shape index (κ1) is 24.1. The number of thiocarbonyl (C=S) groups is 1. The van der Waals surface area contributed by atoms with Gasteiger partial charge in [0.25, 0.3) is 5.91 Å². The van der Waals surface area contributed by atoms with Gasteiger partial charge in [0.1, 0.15) is 0 Å². The molecule has 0 radical (unpaired) electrons. The van der Waals surface area contributed by atoms with Crippen LogP contribution < -0.4 is 16.0 Å². The SMILES string of the molecule is O=C(Nc1cccc(NC(=S)NC(=O)C(c2ccccc2)c2ccccc2)c1)c1ccccc1Cl. The Morgan fingerprint density at radius 1 is 0.686 bits per heavy atom. The van der Waals surface area contributed by atoms with Gasteiger partial charge in [-0.2, -0.15) is 0 Å².